The number of aryl methyl sites for hydroxylation is 1. The Morgan fingerprint density at radius 3 is 2.62 bits per heavy atom. The number of benzene rings is 1. The Kier molecular flexibility index (Phi) is 4.74. The van der Waals surface area contributed by atoms with Crippen molar-refractivity contribution in [3.8, 4) is 0 Å². The molecular weight excluding hydrogens is 340 g/mol. The fourth-order valence-electron chi connectivity index (χ4n) is 1.68. The number of halogens is 1. The SMILES string of the molecule is CCOC(=O)c1c(C)noc1NC(=O)c1ccc(Br)cc1. The van der Waals surface area contributed by atoms with Crippen LogP contribution >= 0.6 is 15.9 Å². The number of anilines is 1. The van der Waals surface area contributed by atoms with E-state index in [2.05, 4.69) is 26.4 Å². The van der Waals surface area contributed by atoms with Crippen molar-refractivity contribution >= 4 is 33.7 Å². The number of hydrogen-bond acceptors (Lipinski definition) is 5. The van der Waals surface area contributed by atoms with Gasteiger partial charge in [-0.05, 0) is 38.1 Å². The lowest BCUT2D eigenvalue weighted by atomic mass is 10.2. The molecule has 0 saturated carbocycles. The first-order chi connectivity index (χ1) is 10.0. The number of ether oxygens (including phenoxy) is 1. The van der Waals surface area contributed by atoms with E-state index in [1.165, 1.54) is 0 Å². The van der Waals surface area contributed by atoms with Gasteiger partial charge in [-0.15, -0.1) is 0 Å². The molecule has 110 valence electrons. The highest BCUT2D eigenvalue weighted by atomic mass is 79.9. The summed E-state index contributed by atoms with van der Waals surface area (Å²) in [6.45, 7) is 3.52. The van der Waals surface area contributed by atoms with Gasteiger partial charge in [0.25, 0.3) is 5.91 Å². The third-order valence-electron chi connectivity index (χ3n) is 2.68. The van der Waals surface area contributed by atoms with Crippen molar-refractivity contribution in [2.45, 2.75) is 13.8 Å². The third kappa shape index (κ3) is 3.49. The second-order valence-corrected chi connectivity index (χ2v) is 5.07. The highest BCUT2D eigenvalue weighted by Gasteiger charge is 2.23. The van der Waals surface area contributed by atoms with Crippen LogP contribution in [0.1, 0.15) is 33.3 Å². The summed E-state index contributed by atoms with van der Waals surface area (Å²) in [4.78, 5) is 23.9. The quantitative estimate of drug-likeness (QED) is 0.854. The van der Waals surface area contributed by atoms with Gasteiger partial charge in [-0.25, -0.2) is 4.79 Å². The third-order valence-corrected chi connectivity index (χ3v) is 3.20. The summed E-state index contributed by atoms with van der Waals surface area (Å²) >= 11 is 3.29. The molecular formula is C14H13BrN2O4. The van der Waals surface area contributed by atoms with Crippen LogP contribution in [0.3, 0.4) is 0 Å². The van der Waals surface area contributed by atoms with E-state index in [9.17, 15) is 9.59 Å². The van der Waals surface area contributed by atoms with Gasteiger partial charge in [-0.1, -0.05) is 21.1 Å². The number of rotatable bonds is 4. The molecule has 0 aliphatic rings. The normalized spacial score (nSPS) is 10.2. The molecule has 1 amide bonds. The van der Waals surface area contributed by atoms with Crippen LogP contribution in [0.2, 0.25) is 0 Å². The Balaban J connectivity index is 2.22. The van der Waals surface area contributed by atoms with E-state index in [1.54, 1.807) is 38.1 Å². The lowest BCUT2D eigenvalue weighted by Gasteiger charge is -2.04. The molecule has 1 heterocycles. The number of amides is 1. The van der Waals surface area contributed by atoms with Crippen molar-refractivity contribution in [3.63, 3.8) is 0 Å². The molecule has 21 heavy (non-hydrogen) atoms. The van der Waals surface area contributed by atoms with Crippen molar-refractivity contribution in [3.05, 3.63) is 45.6 Å². The summed E-state index contributed by atoms with van der Waals surface area (Å²) in [5.74, 6) is -0.995. The maximum Gasteiger partial charge on any atom is 0.345 e. The van der Waals surface area contributed by atoms with Gasteiger partial charge >= 0.3 is 5.97 Å². The van der Waals surface area contributed by atoms with Crippen LogP contribution in [0, 0.1) is 6.92 Å². The van der Waals surface area contributed by atoms with Crippen molar-refractivity contribution < 1.29 is 18.8 Å². The van der Waals surface area contributed by atoms with Crippen LogP contribution in [0.15, 0.2) is 33.3 Å². The minimum atomic E-state index is -0.581. The monoisotopic (exact) mass is 352 g/mol. The number of hydrogen-bond donors (Lipinski definition) is 1. The Morgan fingerprint density at radius 1 is 1.33 bits per heavy atom. The molecule has 2 rings (SSSR count). The molecule has 0 unspecified atom stereocenters. The van der Waals surface area contributed by atoms with Crippen LogP contribution in [-0.4, -0.2) is 23.6 Å². The summed E-state index contributed by atoms with van der Waals surface area (Å²) in [6, 6.07) is 6.78. The molecule has 1 N–H and O–H groups in total. The molecule has 0 aliphatic carbocycles. The standard InChI is InChI=1S/C14H13BrN2O4/c1-3-20-14(19)11-8(2)17-21-13(11)16-12(18)9-4-6-10(15)7-5-9/h4-7H,3H2,1-2H3,(H,16,18). The van der Waals surface area contributed by atoms with Crippen LogP contribution < -0.4 is 5.32 Å². The first-order valence-corrected chi connectivity index (χ1v) is 7.02. The van der Waals surface area contributed by atoms with Gasteiger partial charge in [-0.2, -0.15) is 0 Å². The summed E-state index contributed by atoms with van der Waals surface area (Å²) in [7, 11) is 0. The Hall–Kier alpha value is -2.15. The van der Waals surface area contributed by atoms with Crippen LogP contribution in [0.25, 0.3) is 0 Å². The molecule has 6 nitrogen and oxygen atoms in total. The smallest absolute Gasteiger partial charge is 0.345 e. The molecule has 1 aromatic carbocycles. The van der Waals surface area contributed by atoms with Crippen LogP contribution in [-0.2, 0) is 4.74 Å². The Labute approximate surface area is 129 Å². The number of aromatic nitrogens is 1. The maximum absolute atomic E-state index is 12.1. The molecule has 0 bridgehead atoms. The van der Waals surface area contributed by atoms with Gasteiger partial charge in [-0.3, -0.25) is 10.1 Å². The second kappa shape index (κ2) is 6.53. The molecule has 0 spiro atoms. The fourth-order valence-corrected chi connectivity index (χ4v) is 1.94. The first kappa shape index (κ1) is 15.2. The molecule has 0 fully saturated rings. The molecule has 7 heteroatoms. The van der Waals surface area contributed by atoms with E-state index in [0.717, 1.165) is 4.47 Å². The van der Waals surface area contributed by atoms with Gasteiger partial charge in [0.2, 0.25) is 5.88 Å². The van der Waals surface area contributed by atoms with Crippen molar-refractivity contribution in [2.75, 3.05) is 11.9 Å². The summed E-state index contributed by atoms with van der Waals surface area (Å²) < 4.78 is 10.8. The van der Waals surface area contributed by atoms with E-state index in [-0.39, 0.29) is 18.1 Å². The summed E-state index contributed by atoms with van der Waals surface area (Å²) in [5, 5.41) is 6.20. The van der Waals surface area contributed by atoms with Crippen molar-refractivity contribution in [2.24, 2.45) is 0 Å². The largest absolute Gasteiger partial charge is 0.462 e. The lowest BCUT2D eigenvalue weighted by molar-refractivity contribution is 0.0526. The number of carbonyl (C=O) groups excluding carboxylic acids is 2. The molecule has 0 saturated heterocycles. The van der Waals surface area contributed by atoms with E-state index < -0.39 is 11.9 Å². The summed E-state index contributed by atoms with van der Waals surface area (Å²) in [6.07, 6.45) is 0. The molecule has 1 aromatic heterocycles. The van der Waals surface area contributed by atoms with E-state index in [1.807, 2.05) is 0 Å². The summed E-state index contributed by atoms with van der Waals surface area (Å²) in [5.41, 5.74) is 0.920. The molecule has 0 atom stereocenters. The topological polar surface area (TPSA) is 81.4 Å². The zero-order chi connectivity index (χ0) is 15.4. The minimum absolute atomic E-state index is 0.0149. The number of esters is 1. The van der Waals surface area contributed by atoms with E-state index in [4.69, 9.17) is 9.26 Å². The zero-order valence-corrected chi connectivity index (χ0v) is 13.1. The van der Waals surface area contributed by atoms with E-state index in [0.29, 0.717) is 11.3 Å². The van der Waals surface area contributed by atoms with Gasteiger partial charge in [0.15, 0.2) is 0 Å². The zero-order valence-electron chi connectivity index (χ0n) is 11.5. The fraction of sp³-hybridized carbons (Fsp3) is 0.214. The molecule has 0 aliphatic heterocycles. The molecule has 2 aromatic rings. The number of nitrogens with one attached hydrogen (secondary N) is 1. The first-order valence-electron chi connectivity index (χ1n) is 6.23. The second-order valence-electron chi connectivity index (χ2n) is 4.15. The highest BCUT2D eigenvalue weighted by Crippen LogP contribution is 2.21. The Morgan fingerprint density at radius 2 is 2.00 bits per heavy atom. The van der Waals surface area contributed by atoms with Gasteiger partial charge in [0, 0.05) is 10.0 Å². The van der Waals surface area contributed by atoms with Crippen molar-refractivity contribution in [1.82, 2.24) is 5.16 Å². The van der Waals surface area contributed by atoms with Crippen LogP contribution in [0.4, 0.5) is 5.88 Å². The lowest BCUT2D eigenvalue weighted by Crippen LogP contribution is -2.15. The molecule has 0 radical (unpaired) electrons. The van der Waals surface area contributed by atoms with Gasteiger partial charge in [0.1, 0.15) is 5.56 Å². The Bertz CT molecular complexity index is 664. The van der Waals surface area contributed by atoms with Gasteiger partial charge < -0.3 is 9.26 Å². The average molecular weight is 353 g/mol. The van der Waals surface area contributed by atoms with Crippen molar-refractivity contribution in [1.29, 1.82) is 0 Å². The van der Waals surface area contributed by atoms with Gasteiger partial charge in [0.05, 0.1) is 12.3 Å². The number of carbonyl (C=O) groups is 2. The maximum atomic E-state index is 12.1. The minimum Gasteiger partial charge on any atom is -0.462 e. The van der Waals surface area contributed by atoms with Crippen LogP contribution in [0.5, 0.6) is 0 Å². The predicted molar refractivity (Wildman–Crippen MR) is 79.3 cm³/mol. The predicted octanol–water partition coefficient (Wildman–Crippen LogP) is 3.17. The number of nitrogens with zero attached hydrogens (tertiary/aromatic N) is 1. The highest BCUT2D eigenvalue weighted by molar-refractivity contribution is 9.10. The van der Waals surface area contributed by atoms with E-state index >= 15 is 0 Å². The average Bonchev–Trinajstić information content (AvgIpc) is 2.80.